The van der Waals surface area contributed by atoms with Crippen LogP contribution in [0.1, 0.15) is 16.2 Å². The van der Waals surface area contributed by atoms with Gasteiger partial charge in [-0.2, -0.15) is 0 Å². The summed E-state index contributed by atoms with van der Waals surface area (Å²) in [5, 5.41) is 0. The van der Waals surface area contributed by atoms with E-state index in [1.807, 2.05) is 51.6 Å². The summed E-state index contributed by atoms with van der Waals surface area (Å²) in [5.41, 5.74) is 9.42. The number of aromatic nitrogens is 4. The molecule has 0 unspecified atom stereocenters. The summed E-state index contributed by atoms with van der Waals surface area (Å²) in [7, 11) is 0. The fraction of sp³-hybridized carbons (Fsp3) is 0.150. The van der Waals surface area contributed by atoms with E-state index in [-0.39, 0.29) is 5.69 Å². The van der Waals surface area contributed by atoms with Gasteiger partial charge in [-0.05, 0) is 30.3 Å². The highest BCUT2D eigenvalue weighted by molar-refractivity contribution is 9.10. The molecule has 1 aliphatic rings. The minimum atomic E-state index is -0.544. The van der Waals surface area contributed by atoms with E-state index in [4.69, 9.17) is 10.5 Å². The van der Waals surface area contributed by atoms with Gasteiger partial charge in [-0.3, -0.25) is 4.79 Å². The van der Waals surface area contributed by atoms with E-state index in [9.17, 15) is 4.79 Å². The molecule has 5 rings (SSSR count). The van der Waals surface area contributed by atoms with Crippen LogP contribution in [0.2, 0.25) is 0 Å². The van der Waals surface area contributed by atoms with Crippen LogP contribution in [0.4, 0.5) is 0 Å². The van der Waals surface area contributed by atoms with Crippen molar-refractivity contribution in [3.05, 3.63) is 64.7 Å². The molecule has 8 heteroatoms. The highest BCUT2D eigenvalue weighted by Crippen LogP contribution is 2.35. The molecule has 1 amide bonds. The fourth-order valence-corrected chi connectivity index (χ4v) is 4.00. The van der Waals surface area contributed by atoms with E-state index in [0.29, 0.717) is 25.5 Å². The van der Waals surface area contributed by atoms with Crippen molar-refractivity contribution in [1.82, 2.24) is 19.1 Å². The van der Waals surface area contributed by atoms with Crippen LogP contribution in [0.25, 0.3) is 22.4 Å². The van der Waals surface area contributed by atoms with Crippen LogP contribution in [-0.2, 0) is 13.1 Å². The number of nitrogens with two attached hydrogens (primary N) is 1. The molecule has 2 aromatic heterocycles. The van der Waals surface area contributed by atoms with Crippen molar-refractivity contribution < 1.29 is 9.53 Å². The molecule has 2 aromatic carbocycles. The van der Waals surface area contributed by atoms with Crippen molar-refractivity contribution in [3.8, 4) is 17.1 Å². The van der Waals surface area contributed by atoms with Crippen LogP contribution < -0.4 is 10.5 Å². The van der Waals surface area contributed by atoms with E-state index in [1.54, 1.807) is 6.33 Å². The maximum Gasteiger partial charge on any atom is 0.269 e. The topological polar surface area (TPSA) is 88.0 Å². The smallest absolute Gasteiger partial charge is 0.269 e. The zero-order chi connectivity index (χ0) is 19.3. The molecule has 0 saturated heterocycles. The number of fused-ring (bicyclic) bond motifs is 4. The number of halogens is 1. The van der Waals surface area contributed by atoms with E-state index < -0.39 is 5.91 Å². The minimum Gasteiger partial charge on any atom is -0.491 e. The lowest BCUT2D eigenvalue weighted by atomic mass is 10.2. The van der Waals surface area contributed by atoms with E-state index in [2.05, 4.69) is 25.9 Å². The Labute approximate surface area is 168 Å². The predicted octanol–water partition coefficient (Wildman–Crippen LogP) is 3.20. The average molecular weight is 438 g/mol. The first-order chi connectivity index (χ1) is 13.6. The number of ether oxygens (including phenoxy) is 1. The number of benzene rings is 2. The molecule has 0 bridgehead atoms. The summed E-state index contributed by atoms with van der Waals surface area (Å²) < 4.78 is 10.8. The molecule has 4 aromatic rings. The summed E-state index contributed by atoms with van der Waals surface area (Å²) in [6, 6.07) is 13.6. The molecule has 0 saturated carbocycles. The molecule has 140 valence electrons. The summed E-state index contributed by atoms with van der Waals surface area (Å²) >= 11 is 3.50. The molecule has 0 atom stereocenters. The van der Waals surface area contributed by atoms with Gasteiger partial charge in [0.15, 0.2) is 5.69 Å². The van der Waals surface area contributed by atoms with Gasteiger partial charge in [0.2, 0.25) is 0 Å². The normalized spacial score (nSPS) is 12.9. The van der Waals surface area contributed by atoms with Crippen LogP contribution >= 0.6 is 15.9 Å². The Balaban J connectivity index is 1.70. The second kappa shape index (κ2) is 6.49. The van der Waals surface area contributed by atoms with Crippen LogP contribution in [0, 0.1) is 0 Å². The zero-order valence-electron chi connectivity index (χ0n) is 14.8. The number of amides is 1. The molecule has 0 spiro atoms. The second-order valence-electron chi connectivity index (χ2n) is 6.60. The van der Waals surface area contributed by atoms with E-state index >= 15 is 0 Å². The Morgan fingerprint density at radius 1 is 1.25 bits per heavy atom. The van der Waals surface area contributed by atoms with Gasteiger partial charge in [-0.1, -0.05) is 28.1 Å². The second-order valence-corrected chi connectivity index (χ2v) is 7.51. The number of primary amides is 1. The first kappa shape index (κ1) is 17.0. The predicted molar refractivity (Wildman–Crippen MR) is 108 cm³/mol. The summed E-state index contributed by atoms with van der Waals surface area (Å²) in [6.45, 7) is 1.49. The fourth-order valence-electron chi connectivity index (χ4n) is 3.64. The Kier molecular flexibility index (Phi) is 3.94. The average Bonchev–Trinajstić information content (AvgIpc) is 3.20. The first-order valence-electron chi connectivity index (χ1n) is 8.83. The largest absolute Gasteiger partial charge is 0.491 e. The van der Waals surface area contributed by atoms with Crippen molar-refractivity contribution in [1.29, 1.82) is 0 Å². The summed E-state index contributed by atoms with van der Waals surface area (Å²) in [4.78, 5) is 21.2. The number of nitrogens with zero attached hydrogens (tertiary/aromatic N) is 4. The molecule has 7 nitrogen and oxygen atoms in total. The Bertz CT molecular complexity index is 1230. The lowest BCUT2D eigenvalue weighted by Crippen LogP contribution is -2.18. The van der Waals surface area contributed by atoms with Gasteiger partial charge in [0.05, 0.1) is 41.7 Å². The third-order valence-corrected chi connectivity index (χ3v) is 5.40. The molecular formula is C20H16BrN5O2. The van der Waals surface area contributed by atoms with Gasteiger partial charge >= 0.3 is 0 Å². The van der Waals surface area contributed by atoms with Crippen molar-refractivity contribution in [2.24, 2.45) is 5.73 Å². The summed E-state index contributed by atoms with van der Waals surface area (Å²) in [6.07, 6.45) is 1.77. The molecule has 3 heterocycles. The van der Waals surface area contributed by atoms with Gasteiger partial charge in [-0.25, -0.2) is 9.97 Å². The number of carbonyl (C=O) groups excluding carboxylic acids is 1. The first-order valence-corrected chi connectivity index (χ1v) is 9.63. The monoisotopic (exact) mass is 437 g/mol. The Morgan fingerprint density at radius 3 is 2.96 bits per heavy atom. The van der Waals surface area contributed by atoms with Gasteiger partial charge in [0.25, 0.3) is 5.91 Å². The van der Waals surface area contributed by atoms with E-state index in [1.165, 1.54) is 0 Å². The zero-order valence-corrected chi connectivity index (χ0v) is 16.4. The minimum absolute atomic E-state index is 0.278. The molecule has 0 aliphatic carbocycles. The molecule has 0 fully saturated rings. The molecular weight excluding hydrogens is 422 g/mol. The number of hydrogen-bond acceptors (Lipinski definition) is 4. The number of para-hydroxylation sites is 2. The quantitative estimate of drug-likeness (QED) is 0.532. The third-order valence-electron chi connectivity index (χ3n) is 4.91. The lowest BCUT2D eigenvalue weighted by Gasteiger charge is -2.11. The summed E-state index contributed by atoms with van der Waals surface area (Å²) in [5.74, 6) is 0.877. The third kappa shape index (κ3) is 2.68. The maximum atomic E-state index is 12.2. The molecule has 28 heavy (non-hydrogen) atoms. The lowest BCUT2D eigenvalue weighted by molar-refractivity contribution is 0.0994. The van der Waals surface area contributed by atoms with Gasteiger partial charge in [0.1, 0.15) is 18.2 Å². The van der Waals surface area contributed by atoms with Gasteiger partial charge in [-0.15, -0.1) is 0 Å². The van der Waals surface area contributed by atoms with Gasteiger partial charge in [0, 0.05) is 4.47 Å². The Morgan fingerprint density at radius 2 is 2.11 bits per heavy atom. The number of imidazole rings is 2. The van der Waals surface area contributed by atoms with Crippen LogP contribution in [0.15, 0.2) is 53.3 Å². The van der Waals surface area contributed by atoms with Crippen molar-refractivity contribution in [2.45, 2.75) is 13.1 Å². The van der Waals surface area contributed by atoms with Crippen LogP contribution in [0.5, 0.6) is 5.75 Å². The molecule has 1 aliphatic heterocycles. The molecule has 0 radical (unpaired) electrons. The van der Waals surface area contributed by atoms with Crippen molar-refractivity contribution >= 4 is 32.9 Å². The van der Waals surface area contributed by atoms with Crippen molar-refractivity contribution in [3.63, 3.8) is 0 Å². The highest BCUT2D eigenvalue weighted by Gasteiger charge is 2.26. The number of carbonyl (C=O) groups is 1. The number of hydrogen-bond donors (Lipinski definition) is 1. The standard InChI is InChI=1S/C20H16BrN5O2/c21-12-5-6-17-13(9-12)20-24-18(19(22)27)16(26(20)7-8-28-17)10-25-11-23-14-3-1-2-4-15(14)25/h1-6,9,11H,7-8,10H2,(H2,22,27). The highest BCUT2D eigenvalue weighted by atomic mass is 79.9. The van der Waals surface area contributed by atoms with Gasteiger partial charge < -0.3 is 19.6 Å². The Hall–Kier alpha value is -3.13. The van der Waals surface area contributed by atoms with Crippen LogP contribution in [-0.4, -0.2) is 31.6 Å². The molecule has 2 N–H and O–H groups in total. The number of rotatable bonds is 3. The van der Waals surface area contributed by atoms with E-state index in [0.717, 1.165) is 32.5 Å². The maximum absolute atomic E-state index is 12.2. The SMILES string of the molecule is NC(=O)c1nc2n(c1Cn1cnc3ccccc31)CCOc1ccc(Br)cc1-2. The van der Waals surface area contributed by atoms with Crippen LogP contribution in [0.3, 0.4) is 0 Å². The van der Waals surface area contributed by atoms with Crippen molar-refractivity contribution in [2.75, 3.05) is 6.61 Å².